The minimum atomic E-state index is -0.496. The number of halogens is 1. The van der Waals surface area contributed by atoms with E-state index >= 15 is 0 Å². The summed E-state index contributed by atoms with van der Waals surface area (Å²) in [6, 6.07) is 10.9. The first-order valence-electron chi connectivity index (χ1n) is 9.83. The first-order valence-corrected chi connectivity index (χ1v) is 10.2. The predicted molar refractivity (Wildman–Crippen MR) is 110 cm³/mol. The van der Waals surface area contributed by atoms with Gasteiger partial charge in [-0.05, 0) is 55.0 Å². The molecule has 1 fully saturated rings. The van der Waals surface area contributed by atoms with Crippen molar-refractivity contribution in [3.63, 3.8) is 0 Å². The smallest absolute Gasteiger partial charge is 0.253 e. The average molecular weight is 400 g/mol. The van der Waals surface area contributed by atoms with Crippen molar-refractivity contribution >= 4 is 23.4 Å². The minimum Gasteiger partial charge on any atom is -0.341 e. The van der Waals surface area contributed by atoms with Crippen LogP contribution >= 0.6 is 11.6 Å². The number of nitrogens with zero attached hydrogens (tertiary/aromatic N) is 2. The van der Waals surface area contributed by atoms with Crippen LogP contribution in [0, 0.1) is 0 Å². The fraction of sp³-hybridized carbons (Fsp3) is 0.409. The van der Waals surface area contributed by atoms with Crippen LogP contribution in [-0.4, -0.2) is 40.8 Å². The second kappa shape index (κ2) is 9.69. The van der Waals surface area contributed by atoms with Gasteiger partial charge >= 0.3 is 0 Å². The molecule has 1 aliphatic rings. The van der Waals surface area contributed by atoms with E-state index in [2.05, 4.69) is 22.4 Å². The van der Waals surface area contributed by atoms with Crippen LogP contribution in [0.5, 0.6) is 0 Å². The number of hydrogen-bond acceptors (Lipinski definition) is 3. The van der Waals surface area contributed by atoms with E-state index in [9.17, 15) is 9.59 Å². The largest absolute Gasteiger partial charge is 0.341 e. The van der Waals surface area contributed by atoms with Gasteiger partial charge in [0, 0.05) is 30.5 Å². The monoisotopic (exact) mass is 399 g/mol. The van der Waals surface area contributed by atoms with Crippen molar-refractivity contribution in [3.05, 3.63) is 64.9 Å². The highest BCUT2D eigenvalue weighted by Crippen LogP contribution is 2.29. The van der Waals surface area contributed by atoms with Crippen molar-refractivity contribution in [2.75, 3.05) is 13.1 Å². The number of carbonyl (C=O) groups excluding carboxylic acids is 2. The summed E-state index contributed by atoms with van der Waals surface area (Å²) in [6.45, 7) is 3.42. The van der Waals surface area contributed by atoms with Crippen molar-refractivity contribution in [1.82, 2.24) is 15.2 Å². The molecule has 0 unspecified atom stereocenters. The Balaban J connectivity index is 1.59. The van der Waals surface area contributed by atoms with Crippen LogP contribution in [0.15, 0.2) is 48.8 Å². The third-order valence-corrected chi connectivity index (χ3v) is 5.50. The molecular formula is C22H26ClN3O2. The van der Waals surface area contributed by atoms with Gasteiger partial charge in [-0.3, -0.25) is 14.6 Å². The zero-order valence-corrected chi connectivity index (χ0v) is 16.9. The molecule has 1 aromatic heterocycles. The molecule has 1 aromatic carbocycles. The van der Waals surface area contributed by atoms with E-state index in [1.807, 2.05) is 24.0 Å². The van der Waals surface area contributed by atoms with Crippen LogP contribution in [0.25, 0.3) is 0 Å². The summed E-state index contributed by atoms with van der Waals surface area (Å²) in [4.78, 5) is 31.3. The Kier molecular flexibility index (Phi) is 7.04. The molecule has 0 saturated carbocycles. The lowest BCUT2D eigenvalue weighted by Crippen LogP contribution is -2.50. The molecule has 1 saturated heterocycles. The zero-order valence-electron chi connectivity index (χ0n) is 16.1. The Morgan fingerprint density at radius 1 is 1.21 bits per heavy atom. The number of rotatable bonds is 6. The molecule has 6 heteroatoms. The number of benzene rings is 1. The molecule has 1 atom stereocenters. The summed E-state index contributed by atoms with van der Waals surface area (Å²) in [5.74, 6) is 0.195. The highest BCUT2D eigenvalue weighted by molar-refractivity contribution is 6.30. The SMILES string of the molecule is CCC[C@@H](NC(=O)c1cccnc1)C(=O)N1CCC(c2ccc(Cl)cc2)CC1. The van der Waals surface area contributed by atoms with Gasteiger partial charge in [0.05, 0.1) is 5.56 Å². The summed E-state index contributed by atoms with van der Waals surface area (Å²) >= 11 is 5.97. The van der Waals surface area contributed by atoms with Crippen molar-refractivity contribution < 1.29 is 9.59 Å². The van der Waals surface area contributed by atoms with Crippen LogP contribution < -0.4 is 5.32 Å². The van der Waals surface area contributed by atoms with E-state index in [0.29, 0.717) is 31.0 Å². The normalized spacial score (nSPS) is 15.9. The second-order valence-corrected chi connectivity index (χ2v) is 7.64. The summed E-state index contributed by atoms with van der Waals surface area (Å²) < 4.78 is 0. The number of amides is 2. The fourth-order valence-corrected chi connectivity index (χ4v) is 3.80. The maximum atomic E-state index is 13.0. The number of pyridine rings is 1. The Hall–Kier alpha value is -2.40. The lowest BCUT2D eigenvalue weighted by molar-refractivity contribution is -0.134. The van der Waals surface area contributed by atoms with Crippen LogP contribution in [0.1, 0.15) is 54.4 Å². The van der Waals surface area contributed by atoms with Crippen molar-refractivity contribution in [1.29, 1.82) is 0 Å². The highest BCUT2D eigenvalue weighted by Gasteiger charge is 2.29. The molecule has 0 spiro atoms. The molecule has 0 bridgehead atoms. The molecule has 1 N–H and O–H groups in total. The molecule has 148 valence electrons. The van der Waals surface area contributed by atoms with E-state index in [4.69, 9.17) is 11.6 Å². The minimum absolute atomic E-state index is 0.00801. The van der Waals surface area contributed by atoms with Gasteiger partial charge in [-0.25, -0.2) is 0 Å². The van der Waals surface area contributed by atoms with Gasteiger partial charge in [0.15, 0.2) is 0 Å². The van der Waals surface area contributed by atoms with Gasteiger partial charge < -0.3 is 10.2 Å². The summed E-state index contributed by atoms with van der Waals surface area (Å²) in [5.41, 5.74) is 1.74. The quantitative estimate of drug-likeness (QED) is 0.797. The molecule has 0 radical (unpaired) electrons. The zero-order chi connectivity index (χ0) is 19.9. The molecule has 2 amide bonds. The Bertz CT molecular complexity index is 787. The van der Waals surface area contributed by atoms with Crippen LogP contribution in [-0.2, 0) is 4.79 Å². The van der Waals surface area contributed by atoms with E-state index in [1.165, 1.54) is 11.8 Å². The number of aromatic nitrogens is 1. The maximum absolute atomic E-state index is 13.0. The Morgan fingerprint density at radius 3 is 2.54 bits per heavy atom. The molecule has 5 nitrogen and oxygen atoms in total. The molecule has 0 aliphatic carbocycles. The van der Waals surface area contributed by atoms with Gasteiger partial charge in [0.25, 0.3) is 5.91 Å². The fourth-order valence-electron chi connectivity index (χ4n) is 3.67. The Labute approximate surface area is 171 Å². The van der Waals surface area contributed by atoms with Crippen molar-refractivity contribution in [2.24, 2.45) is 0 Å². The number of carbonyl (C=O) groups is 2. The second-order valence-electron chi connectivity index (χ2n) is 7.21. The Morgan fingerprint density at radius 2 is 1.93 bits per heavy atom. The molecule has 28 heavy (non-hydrogen) atoms. The summed E-state index contributed by atoms with van der Waals surface area (Å²) in [7, 11) is 0. The predicted octanol–water partition coefficient (Wildman–Crippen LogP) is 4.04. The van der Waals surface area contributed by atoms with E-state index < -0.39 is 6.04 Å². The van der Waals surface area contributed by atoms with Gasteiger partial charge in [0.2, 0.25) is 5.91 Å². The third-order valence-electron chi connectivity index (χ3n) is 5.25. The number of nitrogens with one attached hydrogen (secondary N) is 1. The lowest BCUT2D eigenvalue weighted by atomic mass is 9.89. The van der Waals surface area contributed by atoms with Gasteiger partial charge in [-0.2, -0.15) is 0 Å². The summed E-state index contributed by atoms with van der Waals surface area (Å²) in [6.07, 6.45) is 6.43. The number of likely N-dealkylation sites (tertiary alicyclic amines) is 1. The molecule has 3 rings (SSSR count). The number of piperidine rings is 1. The number of hydrogen-bond donors (Lipinski definition) is 1. The van der Waals surface area contributed by atoms with E-state index in [0.717, 1.165) is 24.3 Å². The van der Waals surface area contributed by atoms with Crippen molar-refractivity contribution in [3.8, 4) is 0 Å². The van der Waals surface area contributed by atoms with Crippen molar-refractivity contribution in [2.45, 2.75) is 44.6 Å². The van der Waals surface area contributed by atoms with Crippen LogP contribution in [0.2, 0.25) is 5.02 Å². The first-order chi connectivity index (χ1) is 13.6. The lowest BCUT2D eigenvalue weighted by Gasteiger charge is -2.34. The standard InChI is InChI=1S/C22H26ClN3O2/c1-2-4-20(25-21(27)18-5-3-12-24-15-18)22(28)26-13-10-17(11-14-26)16-6-8-19(23)9-7-16/h3,5-9,12,15,17,20H,2,4,10-11,13-14H2,1H3,(H,25,27)/t20-/m1/s1. The van der Waals surface area contributed by atoms with Gasteiger partial charge in [-0.15, -0.1) is 0 Å². The molecular weight excluding hydrogens is 374 g/mol. The van der Waals surface area contributed by atoms with Gasteiger partial charge in [-0.1, -0.05) is 37.1 Å². The highest BCUT2D eigenvalue weighted by atomic mass is 35.5. The first kappa shape index (κ1) is 20.3. The molecule has 2 heterocycles. The molecule has 1 aliphatic heterocycles. The topological polar surface area (TPSA) is 62.3 Å². The van der Waals surface area contributed by atoms with Crippen LogP contribution in [0.3, 0.4) is 0 Å². The third kappa shape index (κ3) is 5.10. The van der Waals surface area contributed by atoms with Gasteiger partial charge in [0.1, 0.15) is 6.04 Å². The van der Waals surface area contributed by atoms with Crippen LogP contribution in [0.4, 0.5) is 0 Å². The average Bonchev–Trinajstić information content (AvgIpc) is 2.74. The summed E-state index contributed by atoms with van der Waals surface area (Å²) in [5, 5.41) is 3.63. The molecule has 2 aromatic rings. The van der Waals surface area contributed by atoms with E-state index in [1.54, 1.807) is 18.3 Å². The van der Waals surface area contributed by atoms with E-state index in [-0.39, 0.29) is 11.8 Å². The maximum Gasteiger partial charge on any atom is 0.253 e.